The molecule has 1 aliphatic carbocycles. The molecule has 0 unspecified atom stereocenters. The third-order valence-corrected chi connectivity index (χ3v) is 6.28. The van der Waals surface area contributed by atoms with E-state index >= 15 is 0 Å². The number of benzene rings is 1. The number of aryl methyl sites for hydroxylation is 1. The van der Waals surface area contributed by atoms with Crippen molar-refractivity contribution in [2.24, 2.45) is 0 Å². The van der Waals surface area contributed by atoms with Crippen molar-refractivity contribution in [1.29, 1.82) is 0 Å². The van der Waals surface area contributed by atoms with Gasteiger partial charge in [0.15, 0.2) is 4.34 Å². The molecule has 9 heteroatoms. The second kappa shape index (κ2) is 9.70. The largest absolute Gasteiger partial charge is 0.357 e. The Balaban J connectivity index is 1.38. The molecule has 0 atom stereocenters. The third-order valence-electron chi connectivity index (χ3n) is 4.30. The summed E-state index contributed by atoms with van der Waals surface area (Å²) in [7, 11) is 0. The smallest absolute Gasteiger partial charge is 0.269 e. The minimum absolute atomic E-state index is 0.159. The molecular formula is C18H23N5O2S2. The van der Waals surface area contributed by atoms with E-state index in [9.17, 15) is 9.59 Å². The van der Waals surface area contributed by atoms with E-state index in [1.165, 1.54) is 55.2 Å². The number of nitrogens with zero attached hydrogens (tertiary/aromatic N) is 2. The van der Waals surface area contributed by atoms with E-state index in [1.54, 1.807) is 12.1 Å². The Morgan fingerprint density at radius 2 is 1.85 bits per heavy atom. The average molecular weight is 406 g/mol. The highest BCUT2D eigenvalue weighted by atomic mass is 32.2. The number of carbonyl (C=O) groups is 2. The summed E-state index contributed by atoms with van der Waals surface area (Å²) in [6.07, 6.45) is 6.17. The second-order valence-electron chi connectivity index (χ2n) is 6.51. The Morgan fingerprint density at radius 1 is 1.11 bits per heavy atom. The summed E-state index contributed by atoms with van der Waals surface area (Å²) in [6, 6.07) is 7.60. The number of hydrogen-bond acceptors (Lipinski definition) is 7. The molecular weight excluding hydrogens is 382 g/mol. The topological polar surface area (TPSA) is 96.0 Å². The molecule has 0 saturated heterocycles. The Hall–Kier alpha value is -2.13. The number of amides is 2. The fourth-order valence-electron chi connectivity index (χ4n) is 2.81. The van der Waals surface area contributed by atoms with Crippen molar-refractivity contribution in [2.45, 2.75) is 49.4 Å². The minimum Gasteiger partial charge on any atom is -0.357 e. The fraction of sp³-hybridized carbons (Fsp3) is 0.444. The van der Waals surface area contributed by atoms with Crippen LogP contribution in [-0.2, 0) is 4.79 Å². The molecule has 144 valence electrons. The van der Waals surface area contributed by atoms with Gasteiger partial charge in [-0.3, -0.25) is 20.4 Å². The number of carbonyl (C=O) groups excluding carboxylic acids is 2. The highest BCUT2D eigenvalue weighted by Crippen LogP contribution is 2.28. The zero-order chi connectivity index (χ0) is 19.1. The van der Waals surface area contributed by atoms with Gasteiger partial charge in [0.1, 0.15) is 0 Å². The van der Waals surface area contributed by atoms with Gasteiger partial charge in [0.05, 0.1) is 5.75 Å². The third kappa shape index (κ3) is 6.21. The lowest BCUT2D eigenvalue weighted by Crippen LogP contribution is -2.42. The van der Waals surface area contributed by atoms with Crippen molar-refractivity contribution < 1.29 is 9.59 Å². The molecule has 2 aromatic rings. The quantitative estimate of drug-likeness (QED) is 0.505. The van der Waals surface area contributed by atoms with Gasteiger partial charge in [0.2, 0.25) is 11.0 Å². The first-order valence-corrected chi connectivity index (χ1v) is 10.8. The molecule has 1 heterocycles. The van der Waals surface area contributed by atoms with Gasteiger partial charge in [-0.1, -0.05) is 60.1 Å². The maximum Gasteiger partial charge on any atom is 0.269 e. The summed E-state index contributed by atoms with van der Waals surface area (Å²) in [6.45, 7) is 1.95. The molecule has 3 N–H and O–H groups in total. The molecule has 3 rings (SSSR count). The minimum atomic E-state index is -0.344. The summed E-state index contributed by atoms with van der Waals surface area (Å²) >= 11 is 2.76. The Morgan fingerprint density at radius 3 is 2.59 bits per heavy atom. The molecule has 0 spiro atoms. The van der Waals surface area contributed by atoms with Crippen LogP contribution in [0.4, 0.5) is 5.13 Å². The normalized spacial score (nSPS) is 14.6. The first-order chi connectivity index (χ1) is 13.1. The molecule has 0 bridgehead atoms. The van der Waals surface area contributed by atoms with Crippen LogP contribution in [0.5, 0.6) is 0 Å². The van der Waals surface area contributed by atoms with Crippen LogP contribution in [-0.4, -0.2) is 33.8 Å². The molecule has 7 nitrogen and oxygen atoms in total. The number of anilines is 1. The Kier molecular flexibility index (Phi) is 7.05. The predicted octanol–water partition coefficient (Wildman–Crippen LogP) is 3.14. The Bertz CT molecular complexity index is 772. The summed E-state index contributed by atoms with van der Waals surface area (Å²) in [5.74, 6) is -0.479. The molecule has 1 saturated carbocycles. The van der Waals surface area contributed by atoms with Gasteiger partial charge in [-0.15, -0.1) is 10.2 Å². The van der Waals surface area contributed by atoms with E-state index < -0.39 is 0 Å². The van der Waals surface area contributed by atoms with Gasteiger partial charge in [-0.05, 0) is 31.9 Å². The van der Waals surface area contributed by atoms with Crippen molar-refractivity contribution in [3.05, 3.63) is 35.4 Å². The molecule has 1 aliphatic rings. The van der Waals surface area contributed by atoms with Gasteiger partial charge < -0.3 is 5.32 Å². The highest BCUT2D eigenvalue weighted by Gasteiger charge is 2.15. The standard InChI is InChI=1S/C18H23N5O2S2/c1-12-7-9-13(10-8-12)16(25)21-20-15(24)11-26-18-23-22-17(27-18)19-14-5-3-2-4-6-14/h7-10,14H,2-6,11H2,1H3,(H,19,22)(H,20,24)(H,21,25). The number of thioether (sulfide) groups is 1. The van der Waals surface area contributed by atoms with E-state index in [-0.39, 0.29) is 17.6 Å². The van der Waals surface area contributed by atoms with Crippen LogP contribution in [0.25, 0.3) is 0 Å². The van der Waals surface area contributed by atoms with Gasteiger partial charge in [-0.2, -0.15) is 0 Å². The maximum atomic E-state index is 12.0. The average Bonchev–Trinajstić information content (AvgIpc) is 3.13. The molecule has 0 aliphatic heterocycles. The highest BCUT2D eigenvalue weighted by molar-refractivity contribution is 8.01. The van der Waals surface area contributed by atoms with Crippen LogP contribution in [0.15, 0.2) is 28.6 Å². The SMILES string of the molecule is Cc1ccc(C(=O)NNC(=O)CSc2nnc(NC3CCCCC3)s2)cc1. The van der Waals surface area contributed by atoms with E-state index in [4.69, 9.17) is 0 Å². The number of hydrogen-bond donors (Lipinski definition) is 3. The lowest BCUT2D eigenvalue weighted by molar-refractivity contribution is -0.119. The van der Waals surface area contributed by atoms with Crippen LogP contribution < -0.4 is 16.2 Å². The molecule has 2 amide bonds. The fourth-order valence-corrected chi connectivity index (χ4v) is 4.44. The molecule has 0 radical (unpaired) electrons. The van der Waals surface area contributed by atoms with Crippen molar-refractivity contribution in [2.75, 3.05) is 11.1 Å². The molecule has 1 fully saturated rings. The van der Waals surface area contributed by atoms with E-state index in [1.807, 2.05) is 19.1 Å². The summed E-state index contributed by atoms with van der Waals surface area (Å²) < 4.78 is 0.730. The number of rotatable bonds is 6. The van der Waals surface area contributed by atoms with Gasteiger partial charge >= 0.3 is 0 Å². The summed E-state index contributed by atoms with van der Waals surface area (Å²) in [5.41, 5.74) is 6.40. The van der Waals surface area contributed by atoms with Crippen molar-refractivity contribution in [3.63, 3.8) is 0 Å². The Labute approximate surface area is 166 Å². The van der Waals surface area contributed by atoms with Gasteiger partial charge in [-0.25, -0.2) is 0 Å². The van der Waals surface area contributed by atoms with Crippen LogP contribution in [0, 0.1) is 6.92 Å². The van der Waals surface area contributed by atoms with Crippen LogP contribution >= 0.6 is 23.1 Å². The van der Waals surface area contributed by atoms with Crippen molar-refractivity contribution in [3.8, 4) is 0 Å². The van der Waals surface area contributed by atoms with Gasteiger partial charge in [0, 0.05) is 11.6 Å². The number of aromatic nitrogens is 2. The zero-order valence-corrected chi connectivity index (χ0v) is 16.8. The zero-order valence-electron chi connectivity index (χ0n) is 15.2. The van der Waals surface area contributed by atoms with E-state index in [0.717, 1.165) is 15.0 Å². The van der Waals surface area contributed by atoms with Crippen molar-refractivity contribution in [1.82, 2.24) is 21.0 Å². The first-order valence-electron chi connectivity index (χ1n) is 8.99. The van der Waals surface area contributed by atoms with Gasteiger partial charge in [0.25, 0.3) is 5.91 Å². The lowest BCUT2D eigenvalue weighted by Gasteiger charge is -2.21. The summed E-state index contributed by atoms with van der Waals surface area (Å²) in [5, 5.41) is 12.5. The predicted molar refractivity (Wildman–Crippen MR) is 108 cm³/mol. The van der Waals surface area contributed by atoms with E-state index in [2.05, 4.69) is 26.4 Å². The van der Waals surface area contributed by atoms with Crippen LogP contribution in [0.3, 0.4) is 0 Å². The van der Waals surface area contributed by atoms with Crippen LogP contribution in [0.1, 0.15) is 48.0 Å². The monoisotopic (exact) mass is 405 g/mol. The van der Waals surface area contributed by atoms with E-state index in [0.29, 0.717) is 11.6 Å². The molecule has 1 aromatic heterocycles. The second-order valence-corrected chi connectivity index (χ2v) is 8.71. The summed E-state index contributed by atoms with van der Waals surface area (Å²) in [4.78, 5) is 23.9. The molecule has 27 heavy (non-hydrogen) atoms. The molecule has 1 aromatic carbocycles. The van der Waals surface area contributed by atoms with Crippen LogP contribution in [0.2, 0.25) is 0 Å². The lowest BCUT2D eigenvalue weighted by atomic mass is 9.96. The number of hydrazine groups is 1. The van der Waals surface area contributed by atoms with Crippen molar-refractivity contribution >= 4 is 40.0 Å². The maximum absolute atomic E-state index is 12.0. The number of nitrogens with one attached hydrogen (secondary N) is 3. The first kappa shape index (κ1) is 19.6.